The fourth-order valence-corrected chi connectivity index (χ4v) is 3.15. The molecule has 0 aliphatic carbocycles. The third kappa shape index (κ3) is 3.90. The molecule has 2 N–H and O–H groups in total. The Kier molecular flexibility index (Phi) is 4.98. The number of hydrogen-bond donors (Lipinski definition) is 2. The van der Waals surface area contributed by atoms with Gasteiger partial charge in [-0.1, -0.05) is 41.9 Å². The average molecular weight is 384 g/mol. The van der Waals surface area contributed by atoms with Crippen LogP contribution < -0.4 is 14.8 Å². The molecule has 0 radical (unpaired) electrons. The average Bonchev–Trinajstić information content (AvgIpc) is 3.06. The summed E-state index contributed by atoms with van der Waals surface area (Å²) in [6, 6.07) is 15.0. The molecule has 1 aliphatic heterocycles. The summed E-state index contributed by atoms with van der Waals surface area (Å²) in [5, 5.41) is 10.3. The second-order valence-corrected chi connectivity index (χ2v) is 6.58. The van der Waals surface area contributed by atoms with E-state index in [1.165, 1.54) is 0 Å². The van der Waals surface area contributed by atoms with E-state index in [2.05, 4.69) is 15.5 Å². The maximum atomic E-state index is 12.4. The van der Waals surface area contributed by atoms with E-state index in [1.54, 1.807) is 12.1 Å². The quantitative estimate of drug-likeness (QED) is 0.718. The summed E-state index contributed by atoms with van der Waals surface area (Å²) in [7, 11) is 0. The van der Waals surface area contributed by atoms with Gasteiger partial charge in [0.2, 0.25) is 0 Å². The van der Waals surface area contributed by atoms with Gasteiger partial charge in [0.25, 0.3) is 5.91 Å². The second kappa shape index (κ2) is 7.72. The highest BCUT2D eigenvalue weighted by atomic mass is 35.5. The standard InChI is InChI=1S/C20H18ClN3O3/c21-15-9-13(10-18-19(15)27-8-4-7-26-18)12-22-20(25)17-11-16(23-24-17)14-5-2-1-3-6-14/h1-3,5-6,9-11H,4,7-8,12H2,(H,22,25)(H,23,24). The van der Waals surface area contributed by atoms with Gasteiger partial charge in [-0.25, -0.2) is 0 Å². The SMILES string of the molecule is O=C(NCc1cc(Cl)c2c(c1)OCCCO2)c1cc(-c2ccccc2)n[nH]1. The van der Waals surface area contributed by atoms with E-state index in [1.807, 2.05) is 36.4 Å². The van der Waals surface area contributed by atoms with Crippen molar-refractivity contribution >= 4 is 17.5 Å². The molecule has 2 aromatic carbocycles. The fourth-order valence-electron chi connectivity index (χ4n) is 2.86. The molecule has 2 heterocycles. The van der Waals surface area contributed by atoms with Crippen molar-refractivity contribution in [3.05, 3.63) is 64.8 Å². The maximum absolute atomic E-state index is 12.4. The highest BCUT2D eigenvalue weighted by molar-refractivity contribution is 6.32. The number of rotatable bonds is 4. The Labute approximate surface area is 161 Å². The topological polar surface area (TPSA) is 76.2 Å². The van der Waals surface area contributed by atoms with Crippen LogP contribution in [0.3, 0.4) is 0 Å². The van der Waals surface area contributed by atoms with Crippen molar-refractivity contribution in [3.8, 4) is 22.8 Å². The summed E-state index contributed by atoms with van der Waals surface area (Å²) in [5.74, 6) is 0.926. The van der Waals surface area contributed by atoms with Crippen LogP contribution in [0.15, 0.2) is 48.5 Å². The number of aromatic nitrogens is 2. The summed E-state index contributed by atoms with van der Waals surface area (Å²) in [4.78, 5) is 12.4. The molecule has 4 rings (SSSR count). The van der Waals surface area contributed by atoms with E-state index >= 15 is 0 Å². The van der Waals surface area contributed by atoms with Gasteiger partial charge in [0.15, 0.2) is 11.5 Å². The Morgan fingerprint density at radius 3 is 2.81 bits per heavy atom. The summed E-state index contributed by atoms with van der Waals surface area (Å²) < 4.78 is 11.3. The largest absolute Gasteiger partial charge is 0.489 e. The van der Waals surface area contributed by atoms with E-state index in [9.17, 15) is 4.79 Å². The van der Waals surface area contributed by atoms with Crippen LogP contribution in [0.4, 0.5) is 0 Å². The third-order valence-corrected chi connectivity index (χ3v) is 4.49. The van der Waals surface area contributed by atoms with Gasteiger partial charge in [-0.15, -0.1) is 0 Å². The first-order valence-corrected chi connectivity index (χ1v) is 9.05. The molecule has 0 saturated heterocycles. The molecule has 1 amide bonds. The zero-order valence-electron chi connectivity index (χ0n) is 14.5. The number of aromatic amines is 1. The van der Waals surface area contributed by atoms with Crippen LogP contribution in [0, 0.1) is 0 Å². The zero-order chi connectivity index (χ0) is 18.6. The number of nitrogens with zero attached hydrogens (tertiary/aromatic N) is 1. The molecule has 3 aromatic rings. The van der Waals surface area contributed by atoms with Crippen molar-refractivity contribution in [1.29, 1.82) is 0 Å². The van der Waals surface area contributed by atoms with Gasteiger partial charge in [0.1, 0.15) is 5.69 Å². The van der Waals surface area contributed by atoms with Gasteiger partial charge < -0.3 is 14.8 Å². The lowest BCUT2D eigenvalue weighted by Crippen LogP contribution is -2.23. The Morgan fingerprint density at radius 2 is 1.96 bits per heavy atom. The molecule has 1 aliphatic rings. The number of halogens is 1. The van der Waals surface area contributed by atoms with E-state index in [0.717, 1.165) is 23.2 Å². The van der Waals surface area contributed by atoms with Crippen LogP contribution in [0.2, 0.25) is 5.02 Å². The first-order valence-electron chi connectivity index (χ1n) is 8.68. The molecule has 0 spiro atoms. The van der Waals surface area contributed by atoms with Crippen molar-refractivity contribution in [2.45, 2.75) is 13.0 Å². The van der Waals surface area contributed by atoms with Gasteiger partial charge in [-0.05, 0) is 23.8 Å². The lowest BCUT2D eigenvalue weighted by molar-refractivity contribution is 0.0946. The number of ether oxygens (including phenoxy) is 2. The first-order chi connectivity index (χ1) is 13.2. The Hall–Kier alpha value is -2.99. The predicted molar refractivity (Wildman–Crippen MR) is 102 cm³/mol. The number of fused-ring (bicyclic) bond motifs is 1. The molecular weight excluding hydrogens is 366 g/mol. The number of nitrogens with one attached hydrogen (secondary N) is 2. The molecular formula is C20H18ClN3O3. The Morgan fingerprint density at radius 1 is 1.15 bits per heavy atom. The Bertz CT molecular complexity index is 956. The van der Waals surface area contributed by atoms with Crippen LogP contribution in [-0.4, -0.2) is 29.3 Å². The van der Waals surface area contributed by atoms with Crippen molar-refractivity contribution in [2.75, 3.05) is 13.2 Å². The van der Waals surface area contributed by atoms with Crippen molar-refractivity contribution in [1.82, 2.24) is 15.5 Å². The minimum Gasteiger partial charge on any atom is -0.489 e. The van der Waals surface area contributed by atoms with Crippen LogP contribution in [0.5, 0.6) is 11.5 Å². The number of H-pyrrole nitrogens is 1. The molecule has 0 atom stereocenters. The van der Waals surface area contributed by atoms with Gasteiger partial charge in [0.05, 0.1) is 23.9 Å². The van der Waals surface area contributed by atoms with Crippen molar-refractivity contribution in [3.63, 3.8) is 0 Å². The lowest BCUT2D eigenvalue weighted by atomic mass is 10.1. The van der Waals surface area contributed by atoms with Crippen LogP contribution in [0.25, 0.3) is 11.3 Å². The molecule has 6 nitrogen and oxygen atoms in total. The number of benzene rings is 2. The minimum absolute atomic E-state index is 0.243. The molecule has 0 unspecified atom stereocenters. The molecule has 138 valence electrons. The number of carbonyl (C=O) groups is 1. The molecule has 7 heteroatoms. The monoisotopic (exact) mass is 383 g/mol. The Balaban J connectivity index is 1.45. The first kappa shape index (κ1) is 17.4. The van der Waals surface area contributed by atoms with Crippen molar-refractivity contribution < 1.29 is 14.3 Å². The van der Waals surface area contributed by atoms with E-state index in [-0.39, 0.29) is 5.91 Å². The number of hydrogen-bond acceptors (Lipinski definition) is 4. The van der Waals surface area contributed by atoms with E-state index in [4.69, 9.17) is 21.1 Å². The summed E-state index contributed by atoms with van der Waals surface area (Å²) in [6.45, 7) is 1.47. The van der Waals surface area contributed by atoms with Gasteiger partial charge in [-0.3, -0.25) is 9.89 Å². The third-order valence-electron chi connectivity index (χ3n) is 4.21. The van der Waals surface area contributed by atoms with Crippen LogP contribution in [-0.2, 0) is 6.54 Å². The predicted octanol–water partition coefficient (Wildman–Crippen LogP) is 3.82. The number of amides is 1. The van der Waals surface area contributed by atoms with E-state index < -0.39 is 0 Å². The minimum atomic E-state index is -0.243. The maximum Gasteiger partial charge on any atom is 0.269 e. The van der Waals surface area contributed by atoms with Gasteiger partial charge in [0, 0.05) is 18.5 Å². The fraction of sp³-hybridized carbons (Fsp3) is 0.200. The molecule has 27 heavy (non-hydrogen) atoms. The van der Waals surface area contributed by atoms with Crippen molar-refractivity contribution in [2.24, 2.45) is 0 Å². The summed E-state index contributed by atoms with van der Waals surface area (Å²) in [5.41, 5.74) is 2.90. The summed E-state index contributed by atoms with van der Waals surface area (Å²) >= 11 is 6.29. The molecule has 0 bridgehead atoms. The van der Waals surface area contributed by atoms with Crippen LogP contribution in [0.1, 0.15) is 22.5 Å². The number of carbonyl (C=O) groups excluding carboxylic acids is 1. The lowest BCUT2D eigenvalue weighted by Gasteiger charge is -2.12. The second-order valence-electron chi connectivity index (χ2n) is 6.17. The smallest absolute Gasteiger partial charge is 0.269 e. The van der Waals surface area contributed by atoms with Crippen LogP contribution >= 0.6 is 11.6 Å². The zero-order valence-corrected chi connectivity index (χ0v) is 15.3. The molecule has 1 aromatic heterocycles. The molecule has 0 saturated carbocycles. The normalized spacial score (nSPS) is 13.1. The summed E-state index contributed by atoms with van der Waals surface area (Å²) in [6.07, 6.45) is 0.806. The van der Waals surface area contributed by atoms with E-state index in [0.29, 0.717) is 42.0 Å². The van der Waals surface area contributed by atoms with Gasteiger partial charge in [-0.2, -0.15) is 5.10 Å². The molecule has 0 fully saturated rings. The highest BCUT2D eigenvalue weighted by Crippen LogP contribution is 2.37. The van der Waals surface area contributed by atoms with Gasteiger partial charge >= 0.3 is 0 Å². The highest BCUT2D eigenvalue weighted by Gasteiger charge is 2.16.